The number of non-ortho nitro benzene ring substituents is 1. The highest BCUT2D eigenvalue weighted by atomic mass is 32.2. The Bertz CT molecular complexity index is 712. The Morgan fingerprint density at radius 3 is 2.36 bits per heavy atom. The topological polar surface area (TPSA) is 89.8 Å². The van der Waals surface area contributed by atoms with Gasteiger partial charge in [0, 0.05) is 37.6 Å². The van der Waals surface area contributed by atoms with Crippen LogP contribution in [0.5, 0.6) is 0 Å². The number of methoxy groups -OCH3 is 1. The molecule has 1 aliphatic rings. The molecule has 0 N–H and O–H groups in total. The average molecular weight is 364 g/mol. The van der Waals surface area contributed by atoms with Crippen molar-refractivity contribution in [3.63, 3.8) is 0 Å². The molecule has 134 valence electrons. The number of nitro benzene ring substituents is 1. The number of hydrogen-bond donors (Lipinski definition) is 0. The van der Waals surface area contributed by atoms with E-state index in [0.717, 1.165) is 0 Å². The van der Waals surface area contributed by atoms with Gasteiger partial charge in [-0.15, -0.1) is 11.8 Å². The van der Waals surface area contributed by atoms with Crippen LogP contribution in [0.2, 0.25) is 0 Å². The summed E-state index contributed by atoms with van der Waals surface area (Å²) in [7, 11) is 1.56. The van der Waals surface area contributed by atoms with Crippen LogP contribution in [0.15, 0.2) is 29.2 Å². The summed E-state index contributed by atoms with van der Waals surface area (Å²) in [5, 5.41) is 10.9. The van der Waals surface area contributed by atoms with Gasteiger partial charge in [-0.3, -0.25) is 24.6 Å². The number of ether oxygens (including phenoxy) is 1. The third-order valence-corrected chi connectivity index (χ3v) is 4.66. The zero-order valence-electron chi connectivity index (χ0n) is 14.4. The second-order valence-corrected chi connectivity index (χ2v) is 7.37. The number of carbonyl (C=O) groups excluding carboxylic acids is 2. The Balaban J connectivity index is 2.38. The van der Waals surface area contributed by atoms with E-state index >= 15 is 0 Å². The van der Waals surface area contributed by atoms with E-state index in [4.69, 9.17) is 4.74 Å². The SMILES string of the molecule is COCCCN1C(=O)C(SC(C)C)=C(c2ccc([N+](=O)[O-])cc2)C1=O. The van der Waals surface area contributed by atoms with E-state index in [1.165, 1.54) is 40.9 Å². The van der Waals surface area contributed by atoms with Crippen LogP contribution in [-0.4, -0.2) is 47.1 Å². The van der Waals surface area contributed by atoms with Gasteiger partial charge in [-0.2, -0.15) is 0 Å². The highest BCUT2D eigenvalue weighted by molar-refractivity contribution is 8.04. The Morgan fingerprint density at radius 2 is 1.84 bits per heavy atom. The summed E-state index contributed by atoms with van der Waals surface area (Å²) in [4.78, 5) is 37.4. The predicted molar refractivity (Wildman–Crippen MR) is 96.0 cm³/mol. The molecule has 0 spiro atoms. The first kappa shape index (κ1) is 19.1. The first-order chi connectivity index (χ1) is 11.9. The van der Waals surface area contributed by atoms with Crippen molar-refractivity contribution in [3.05, 3.63) is 44.8 Å². The second-order valence-electron chi connectivity index (χ2n) is 5.78. The highest BCUT2D eigenvalue weighted by Gasteiger charge is 2.39. The van der Waals surface area contributed by atoms with E-state index in [1.54, 1.807) is 7.11 Å². The number of imide groups is 1. The molecule has 0 aromatic heterocycles. The van der Waals surface area contributed by atoms with E-state index < -0.39 is 4.92 Å². The number of rotatable bonds is 8. The third kappa shape index (κ3) is 4.26. The standard InChI is InChI=1S/C17H20N2O5S/c1-11(2)25-15-14(12-5-7-13(8-6-12)19(22)23)16(20)18(17(15)21)9-4-10-24-3/h5-8,11H,4,9-10H2,1-3H3. The smallest absolute Gasteiger partial charge is 0.269 e. The van der Waals surface area contributed by atoms with Crippen molar-refractivity contribution < 1.29 is 19.2 Å². The molecule has 0 radical (unpaired) electrons. The van der Waals surface area contributed by atoms with Crippen molar-refractivity contribution >= 4 is 34.8 Å². The lowest BCUT2D eigenvalue weighted by molar-refractivity contribution is -0.384. The van der Waals surface area contributed by atoms with Gasteiger partial charge in [-0.25, -0.2) is 0 Å². The average Bonchev–Trinajstić information content (AvgIpc) is 2.79. The van der Waals surface area contributed by atoms with Crippen LogP contribution in [0.3, 0.4) is 0 Å². The lowest BCUT2D eigenvalue weighted by atomic mass is 10.1. The molecule has 0 bridgehead atoms. The van der Waals surface area contributed by atoms with Crippen LogP contribution >= 0.6 is 11.8 Å². The fourth-order valence-corrected chi connectivity index (χ4v) is 3.48. The molecule has 0 atom stereocenters. The van der Waals surface area contributed by atoms with E-state index in [-0.39, 0.29) is 29.3 Å². The number of nitro groups is 1. The normalized spacial score (nSPS) is 14.8. The van der Waals surface area contributed by atoms with Gasteiger partial charge in [0.1, 0.15) is 0 Å². The summed E-state index contributed by atoms with van der Waals surface area (Å²) in [5.74, 6) is -0.675. The molecule has 25 heavy (non-hydrogen) atoms. The molecule has 1 aromatic rings. The molecule has 7 nitrogen and oxygen atoms in total. The number of amides is 2. The zero-order chi connectivity index (χ0) is 18.6. The molecule has 0 fully saturated rings. The fraction of sp³-hybridized carbons (Fsp3) is 0.412. The van der Waals surface area contributed by atoms with E-state index in [9.17, 15) is 19.7 Å². The molecule has 2 amide bonds. The van der Waals surface area contributed by atoms with Crippen LogP contribution in [0, 0.1) is 10.1 Å². The van der Waals surface area contributed by atoms with Crippen LogP contribution in [0.25, 0.3) is 5.57 Å². The molecule has 0 saturated heterocycles. The van der Waals surface area contributed by atoms with Gasteiger partial charge in [0.05, 0.1) is 15.4 Å². The molecule has 0 unspecified atom stereocenters. The minimum absolute atomic E-state index is 0.0591. The van der Waals surface area contributed by atoms with Gasteiger partial charge in [0.15, 0.2) is 0 Å². The molecule has 0 aliphatic carbocycles. The second kappa shape index (κ2) is 8.26. The highest BCUT2D eigenvalue weighted by Crippen LogP contribution is 2.38. The summed E-state index contributed by atoms with van der Waals surface area (Å²) in [6.45, 7) is 4.62. The zero-order valence-corrected chi connectivity index (χ0v) is 15.2. The van der Waals surface area contributed by atoms with Crippen LogP contribution < -0.4 is 0 Å². The first-order valence-electron chi connectivity index (χ1n) is 7.87. The maximum Gasteiger partial charge on any atom is 0.269 e. The number of thioether (sulfide) groups is 1. The molecule has 2 rings (SSSR count). The van der Waals surface area contributed by atoms with Gasteiger partial charge in [-0.1, -0.05) is 13.8 Å². The minimum Gasteiger partial charge on any atom is -0.385 e. The number of carbonyl (C=O) groups is 2. The molecule has 1 heterocycles. The van der Waals surface area contributed by atoms with Gasteiger partial charge < -0.3 is 4.74 Å². The van der Waals surface area contributed by atoms with Gasteiger partial charge >= 0.3 is 0 Å². The summed E-state index contributed by atoms with van der Waals surface area (Å²) >= 11 is 1.33. The minimum atomic E-state index is -0.499. The van der Waals surface area contributed by atoms with Crippen LogP contribution in [0.4, 0.5) is 5.69 Å². The van der Waals surface area contributed by atoms with Crippen molar-refractivity contribution in [1.29, 1.82) is 0 Å². The lowest BCUT2D eigenvalue weighted by Crippen LogP contribution is -2.33. The maximum atomic E-state index is 12.8. The molecule has 8 heteroatoms. The maximum absolute atomic E-state index is 12.8. The summed E-state index contributed by atoms with van der Waals surface area (Å²) < 4.78 is 4.98. The van der Waals surface area contributed by atoms with Gasteiger partial charge in [-0.05, 0) is 24.1 Å². The Morgan fingerprint density at radius 1 is 1.20 bits per heavy atom. The first-order valence-corrected chi connectivity index (χ1v) is 8.75. The van der Waals surface area contributed by atoms with E-state index in [2.05, 4.69) is 0 Å². The van der Waals surface area contributed by atoms with Gasteiger partial charge in [0.2, 0.25) is 0 Å². The molecule has 1 aromatic carbocycles. The summed E-state index contributed by atoms with van der Waals surface area (Å²) in [6, 6.07) is 5.70. The number of nitrogens with zero attached hydrogens (tertiary/aromatic N) is 2. The Kier molecular flexibility index (Phi) is 6.33. The lowest BCUT2D eigenvalue weighted by Gasteiger charge is -2.14. The number of benzene rings is 1. The van der Waals surface area contributed by atoms with E-state index in [0.29, 0.717) is 29.1 Å². The Hall–Kier alpha value is -2.19. The van der Waals surface area contributed by atoms with Crippen molar-refractivity contribution in [2.24, 2.45) is 0 Å². The fourth-order valence-electron chi connectivity index (χ4n) is 2.47. The Labute approximate surface area is 150 Å². The largest absolute Gasteiger partial charge is 0.385 e. The molecular formula is C17H20N2O5S. The van der Waals surface area contributed by atoms with Crippen LogP contribution in [0.1, 0.15) is 25.8 Å². The van der Waals surface area contributed by atoms with Gasteiger partial charge in [0.25, 0.3) is 17.5 Å². The van der Waals surface area contributed by atoms with Crippen LogP contribution in [-0.2, 0) is 14.3 Å². The third-order valence-electron chi connectivity index (χ3n) is 3.58. The molecule has 1 aliphatic heterocycles. The van der Waals surface area contributed by atoms with Crippen molar-refractivity contribution in [2.75, 3.05) is 20.3 Å². The number of hydrogen-bond acceptors (Lipinski definition) is 6. The molecule has 0 saturated carbocycles. The summed E-state index contributed by atoms with van der Waals surface area (Å²) in [5.41, 5.74) is 0.772. The van der Waals surface area contributed by atoms with Crippen molar-refractivity contribution in [1.82, 2.24) is 4.90 Å². The summed E-state index contributed by atoms with van der Waals surface area (Å²) in [6.07, 6.45) is 0.557. The van der Waals surface area contributed by atoms with Crippen molar-refractivity contribution in [3.8, 4) is 0 Å². The predicted octanol–water partition coefficient (Wildman–Crippen LogP) is 2.85. The monoisotopic (exact) mass is 364 g/mol. The quantitative estimate of drug-likeness (QED) is 0.305. The molecular weight excluding hydrogens is 344 g/mol. The van der Waals surface area contributed by atoms with Crippen molar-refractivity contribution in [2.45, 2.75) is 25.5 Å². The van der Waals surface area contributed by atoms with E-state index in [1.807, 2.05) is 13.8 Å².